The van der Waals surface area contributed by atoms with Crippen molar-refractivity contribution in [1.82, 2.24) is 0 Å². The van der Waals surface area contributed by atoms with Gasteiger partial charge in [0, 0.05) is 0 Å². The van der Waals surface area contributed by atoms with Gasteiger partial charge >= 0.3 is 0 Å². The lowest BCUT2D eigenvalue weighted by Gasteiger charge is -2.15. The first-order valence-corrected chi connectivity index (χ1v) is 3.90. The van der Waals surface area contributed by atoms with Crippen LogP contribution in [0.5, 0.6) is 0 Å². The van der Waals surface area contributed by atoms with Crippen LogP contribution in [0.4, 0.5) is 0 Å². The number of hydrogen-bond acceptors (Lipinski definition) is 1. The zero-order chi connectivity index (χ0) is 7.56. The minimum absolute atomic E-state index is 0.256. The predicted octanol–water partition coefficient (Wildman–Crippen LogP) is 2.32. The highest BCUT2D eigenvalue weighted by Gasteiger charge is 2.11. The highest BCUT2D eigenvalue weighted by atomic mass is 16.1. The van der Waals surface area contributed by atoms with Crippen molar-refractivity contribution in [3.63, 3.8) is 0 Å². The molecule has 0 amide bonds. The van der Waals surface area contributed by atoms with Crippen LogP contribution in [-0.2, 0) is 4.79 Å². The molecule has 0 aromatic rings. The smallest absolute Gasteiger partial charge is 0.155 e. The third-order valence-corrected chi connectivity index (χ3v) is 2.13. The van der Waals surface area contributed by atoms with Gasteiger partial charge in [0.05, 0.1) is 0 Å². The van der Waals surface area contributed by atoms with Gasteiger partial charge in [-0.3, -0.25) is 4.79 Å². The Morgan fingerprint density at radius 1 is 1.70 bits per heavy atom. The summed E-state index contributed by atoms with van der Waals surface area (Å²) >= 11 is 0. The minimum atomic E-state index is 0.256. The van der Waals surface area contributed by atoms with E-state index in [0.717, 1.165) is 24.3 Å². The molecule has 0 heterocycles. The molecule has 0 fully saturated rings. The van der Waals surface area contributed by atoms with Crippen LogP contribution < -0.4 is 0 Å². The van der Waals surface area contributed by atoms with Crippen molar-refractivity contribution in [1.29, 1.82) is 0 Å². The molecule has 1 aliphatic rings. The van der Waals surface area contributed by atoms with Crippen molar-refractivity contribution >= 4 is 5.78 Å². The van der Waals surface area contributed by atoms with Gasteiger partial charge in [0.25, 0.3) is 0 Å². The van der Waals surface area contributed by atoms with Crippen LogP contribution in [0.1, 0.15) is 33.1 Å². The van der Waals surface area contributed by atoms with E-state index in [1.165, 1.54) is 6.42 Å². The Labute approximate surface area is 62.1 Å². The third kappa shape index (κ3) is 1.69. The van der Waals surface area contributed by atoms with Gasteiger partial charge in [-0.1, -0.05) is 13.0 Å². The Morgan fingerprint density at radius 3 is 2.80 bits per heavy atom. The molecule has 1 heteroatoms. The Hall–Kier alpha value is -0.590. The quantitative estimate of drug-likeness (QED) is 0.543. The monoisotopic (exact) mass is 138 g/mol. The average molecular weight is 138 g/mol. The summed E-state index contributed by atoms with van der Waals surface area (Å²) in [5.74, 6) is 1.04. The third-order valence-electron chi connectivity index (χ3n) is 2.13. The second-order valence-electron chi connectivity index (χ2n) is 3.17. The Balaban J connectivity index is 2.56. The average Bonchev–Trinajstić information content (AvgIpc) is 1.88. The molecular weight excluding hydrogens is 124 g/mol. The van der Waals surface area contributed by atoms with Gasteiger partial charge in [0.15, 0.2) is 5.78 Å². The van der Waals surface area contributed by atoms with E-state index >= 15 is 0 Å². The van der Waals surface area contributed by atoms with Crippen LogP contribution in [0.2, 0.25) is 0 Å². The summed E-state index contributed by atoms with van der Waals surface area (Å²) in [5, 5.41) is 0. The second kappa shape index (κ2) is 3.00. The lowest BCUT2D eigenvalue weighted by molar-refractivity contribution is -0.113. The van der Waals surface area contributed by atoms with Crippen LogP contribution in [0, 0.1) is 5.92 Å². The van der Waals surface area contributed by atoms with E-state index in [4.69, 9.17) is 0 Å². The summed E-state index contributed by atoms with van der Waals surface area (Å²) in [5.41, 5.74) is 1.04. The summed E-state index contributed by atoms with van der Waals surface area (Å²) in [4.78, 5) is 10.8. The summed E-state index contributed by atoms with van der Waals surface area (Å²) < 4.78 is 0. The molecule has 0 saturated heterocycles. The molecule has 0 bridgehead atoms. The number of ketones is 1. The first kappa shape index (κ1) is 7.52. The molecular formula is C9H14O. The molecule has 1 aliphatic carbocycles. The molecule has 56 valence electrons. The Bertz CT molecular complexity index is 168. The van der Waals surface area contributed by atoms with Gasteiger partial charge in [0.2, 0.25) is 0 Å². The summed E-state index contributed by atoms with van der Waals surface area (Å²) in [6.07, 6.45) is 5.37. The van der Waals surface area contributed by atoms with Gasteiger partial charge in [-0.2, -0.15) is 0 Å². The first-order chi connectivity index (χ1) is 4.70. The Morgan fingerprint density at radius 2 is 2.40 bits per heavy atom. The second-order valence-corrected chi connectivity index (χ2v) is 3.17. The largest absolute Gasteiger partial charge is 0.295 e. The number of Topliss-reactive ketones (excluding diaryl/α,β-unsaturated/α-hetero) is 1. The molecule has 1 rings (SSSR count). The van der Waals surface area contributed by atoms with Gasteiger partial charge in [-0.05, 0) is 37.7 Å². The number of rotatable bonds is 1. The number of hydrogen-bond donors (Lipinski definition) is 0. The Kier molecular flexibility index (Phi) is 2.25. The summed E-state index contributed by atoms with van der Waals surface area (Å²) in [7, 11) is 0. The van der Waals surface area contributed by atoms with Crippen molar-refractivity contribution < 1.29 is 4.79 Å². The molecule has 10 heavy (non-hydrogen) atoms. The molecule has 0 aromatic heterocycles. The van der Waals surface area contributed by atoms with Crippen LogP contribution in [0.25, 0.3) is 0 Å². The molecule has 0 spiro atoms. The van der Waals surface area contributed by atoms with E-state index in [2.05, 4.69) is 13.0 Å². The summed E-state index contributed by atoms with van der Waals surface area (Å²) in [6.45, 7) is 3.88. The maximum absolute atomic E-state index is 10.8. The van der Waals surface area contributed by atoms with Crippen molar-refractivity contribution in [3.05, 3.63) is 11.6 Å². The molecule has 1 nitrogen and oxygen atoms in total. The lowest BCUT2D eigenvalue weighted by Crippen LogP contribution is -2.06. The fourth-order valence-electron chi connectivity index (χ4n) is 1.29. The van der Waals surface area contributed by atoms with Crippen molar-refractivity contribution in [3.8, 4) is 0 Å². The van der Waals surface area contributed by atoms with Crippen molar-refractivity contribution in [2.24, 2.45) is 5.92 Å². The summed E-state index contributed by atoms with van der Waals surface area (Å²) in [6, 6.07) is 0. The van der Waals surface area contributed by atoms with Gasteiger partial charge < -0.3 is 0 Å². The highest BCUT2D eigenvalue weighted by molar-refractivity contribution is 5.93. The van der Waals surface area contributed by atoms with E-state index in [1.807, 2.05) is 0 Å². The normalized spacial score (nSPS) is 25.8. The lowest BCUT2D eigenvalue weighted by atomic mass is 9.90. The number of carbonyl (C=O) groups is 1. The van der Waals surface area contributed by atoms with E-state index < -0.39 is 0 Å². The number of allylic oxidation sites excluding steroid dienone is 2. The van der Waals surface area contributed by atoms with Gasteiger partial charge in [-0.25, -0.2) is 0 Å². The number of carbonyl (C=O) groups excluding carboxylic acids is 1. The fraction of sp³-hybridized carbons (Fsp3) is 0.667. The SMILES string of the molecule is CC(=O)C1=CC[C@@H](C)CC1. The molecule has 0 saturated carbocycles. The minimum Gasteiger partial charge on any atom is -0.295 e. The van der Waals surface area contributed by atoms with Gasteiger partial charge in [0.1, 0.15) is 0 Å². The standard InChI is InChI=1S/C9H14O/c1-7-3-5-9(6-4-7)8(2)10/h5,7H,3-4,6H2,1-2H3/t7-/m1/s1. The fourth-order valence-corrected chi connectivity index (χ4v) is 1.29. The molecule has 0 N–H and O–H groups in total. The van der Waals surface area contributed by atoms with Crippen LogP contribution in [-0.4, -0.2) is 5.78 Å². The van der Waals surface area contributed by atoms with Crippen molar-refractivity contribution in [2.45, 2.75) is 33.1 Å². The zero-order valence-corrected chi connectivity index (χ0v) is 6.68. The maximum Gasteiger partial charge on any atom is 0.155 e. The molecule has 1 atom stereocenters. The first-order valence-electron chi connectivity index (χ1n) is 3.90. The molecule has 0 aliphatic heterocycles. The van der Waals surface area contributed by atoms with E-state index in [0.29, 0.717) is 0 Å². The van der Waals surface area contributed by atoms with E-state index in [-0.39, 0.29) is 5.78 Å². The van der Waals surface area contributed by atoms with Crippen LogP contribution >= 0.6 is 0 Å². The van der Waals surface area contributed by atoms with Crippen LogP contribution in [0.15, 0.2) is 11.6 Å². The topological polar surface area (TPSA) is 17.1 Å². The molecule has 0 radical (unpaired) electrons. The zero-order valence-electron chi connectivity index (χ0n) is 6.68. The molecule has 0 unspecified atom stereocenters. The molecule has 0 aromatic carbocycles. The maximum atomic E-state index is 10.8. The van der Waals surface area contributed by atoms with Crippen molar-refractivity contribution in [2.75, 3.05) is 0 Å². The predicted molar refractivity (Wildman–Crippen MR) is 41.8 cm³/mol. The van der Waals surface area contributed by atoms with E-state index in [9.17, 15) is 4.79 Å². The van der Waals surface area contributed by atoms with Gasteiger partial charge in [-0.15, -0.1) is 0 Å². The van der Waals surface area contributed by atoms with E-state index in [1.54, 1.807) is 6.92 Å². The highest BCUT2D eigenvalue weighted by Crippen LogP contribution is 2.22. The van der Waals surface area contributed by atoms with Crippen LogP contribution in [0.3, 0.4) is 0 Å².